The first kappa shape index (κ1) is 41.3. The van der Waals surface area contributed by atoms with Gasteiger partial charge in [-0.05, 0) is 111 Å². The Morgan fingerprint density at radius 3 is 1.76 bits per heavy atom. The zero-order chi connectivity index (χ0) is 40.8. The molecule has 2 aromatic heterocycles. The third-order valence-corrected chi connectivity index (χ3v) is 12.2. The van der Waals surface area contributed by atoms with Crippen LogP contribution in [0.2, 0.25) is 0 Å². The van der Waals surface area contributed by atoms with Crippen molar-refractivity contribution in [2.24, 2.45) is 23.7 Å². The third kappa shape index (κ3) is 11.6. The molecule has 2 unspecified atom stereocenters. The van der Waals surface area contributed by atoms with Crippen LogP contribution in [0, 0.1) is 23.7 Å². The number of piperidine rings is 2. The van der Waals surface area contributed by atoms with Crippen LogP contribution in [0.1, 0.15) is 96.7 Å². The molecule has 2 aliphatic heterocycles. The minimum atomic E-state index is -0.419. The molecule has 7 rings (SSSR count). The fourth-order valence-corrected chi connectivity index (χ4v) is 8.85. The van der Waals surface area contributed by atoms with Crippen LogP contribution in [0.25, 0.3) is 0 Å². The van der Waals surface area contributed by atoms with Crippen molar-refractivity contribution >= 4 is 23.4 Å². The van der Waals surface area contributed by atoms with Gasteiger partial charge in [-0.15, -0.1) is 0 Å². The number of oxazole rings is 2. The number of rotatable bonds is 19. The van der Waals surface area contributed by atoms with Crippen molar-refractivity contribution in [3.05, 3.63) is 133 Å². The van der Waals surface area contributed by atoms with Gasteiger partial charge in [0.05, 0.1) is 12.4 Å². The summed E-state index contributed by atoms with van der Waals surface area (Å²) < 4.78 is 16.8. The van der Waals surface area contributed by atoms with Crippen molar-refractivity contribution in [1.29, 1.82) is 0 Å². The fraction of sp³-hybridized carbons (Fsp3) is 0.417. The number of hydrogen-bond acceptors (Lipinski definition) is 9. The quantitative estimate of drug-likeness (QED) is 0.0750. The number of ketones is 2. The summed E-state index contributed by atoms with van der Waals surface area (Å²) >= 11 is 0. The first-order chi connectivity index (χ1) is 28.9. The molecule has 0 radical (unpaired) electrons. The van der Waals surface area contributed by atoms with Gasteiger partial charge in [0.15, 0.2) is 0 Å². The summed E-state index contributed by atoms with van der Waals surface area (Å²) in [5.41, 5.74) is 2.23. The van der Waals surface area contributed by atoms with Crippen molar-refractivity contribution in [3.8, 4) is 11.5 Å². The Labute approximate surface area is 346 Å². The summed E-state index contributed by atoms with van der Waals surface area (Å²) in [7, 11) is 0. The van der Waals surface area contributed by atoms with E-state index in [-0.39, 0.29) is 53.4 Å². The predicted octanol–water partition coefficient (Wildman–Crippen LogP) is 9.06. The van der Waals surface area contributed by atoms with Gasteiger partial charge in [-0.2, -0.15) is 0 Å². The molecule has 11 heteroatoms. The second-order valence-electron chi connectivity index (χ2n) is 15.9. The van der Waals surface area contributed by atoms with Gasteiger partial charge in [-0.25, -0.2) is 9.97 Å². The van der Waals surface area contributed by atoms with E-state index in [0.29, 0.717) is 64.2 Å². The van der Waals surface area contributed by atoms with Crippen molar-refractivity contribution < 1.29 is 32.7 Å². The number of aryl methyl sites for hydroxylation is 2. The van der Waals surface area contributed by atoms with Crippen LogP contribution in [-0.4, -0.2) is 69.3 Å². The molecule has 0 bridgehead atoms. The summed E-state index contributed by atoms with van der Waals surface area (Å²) in [5.74, 6) is 1.57. The highest BCUT2D eigenvalue weighted by molar-refractivity contribution is 5.94. The number of nitrogens with zero attached hydrogens (tertiary/aromatic N) is 4. The molecule has 0 spiro atoms. The Hall–Kier alpha value is -5.84. The van der Waals surface area contributed by atoms with E-state index in [1.807, 2.05) is 82.6 Å². The molecule has 0 aliphatic carbocycles. The lowest BCUT2D eigenvalue weighted by Gasteiger charge is -2.39. The number of amides is 2. The van der Waals surface area contributed by atoms with Crippen LogP contribution in [-0.2, 0) is 22.4 Å². The minimum absolute atomic E-state index is 0.0724. The van der Waals surface area contributed by atoms with Crippen molar-refractivity contribution in [1.82, 2.24) is 19.8 Å². The van der Waals surface area contributed by atoms with E-state index in [2.05, 4.69) is 22.1 Å². The lowest BCUT2D eigenvalue weighted by molar-refractivity contribution is -0.133. The third-order valence-electron chi connectivity index (χ3n) is 12.2. The lowest BCUT2D eigenvalue weighted by atomic mass is 9.70. The molecule has 2 atom stereocenters. The smallest absolute Gasteiger partial charge is 0.263 e. The largest absolute Gasteiger partial charge is 0.457 e. The van der Waals surface area contributed by atoms with Crippen molar-refractivity contribution in [3.63, 3.8) is 0 Å². The monoisotopic (exact) mass is 798 g/mol. The second kappa shape index (κ2) is 20.7. The summed E-state index contributed by atoms with van der Waals surface area (Å²) in [6.07, 6.45) is 13.4. The first-order valence-electron chi connectivity index (χ1n) is 21.2. The van der Waals surface area contributed by atoms with Crippen LogP contribution < -0.4 is 4.74 Å². The number of hydrogen-bond donors (Lipinski definition) is 0. The predicted molar refractivity (Wildman–Crippen MR) is 222 cm³/mol. The second-order valence-corrected chi connectivity index (χ2v) is 15.9. The van der Waals surface area contributed by atoms with Gasteiger partial charge in [-0.1, -0.05) is 60.7 Å². The molecule has 5 aromatic rings. The molecule has 59 heavy (non-hydrogen) atoms. The number of Topliss-reactive ketones (excluding diaryl/α,β-unsaturated/α-hetero) is 2. The zero-order valence-electron chi connectivity index (χ0n) is 33.7. The summed E-state index contributed by atoms with van der Waals surface area (Å²) in [6, 6.07) is 27.6. The maximum Gasteiger partial charge on any atom is 0.263 e. The highest BCUT2D eigenvalue weighted by Gasteiger charge is 2.39. The average molecular weight is 799 g/mol. The molecule has 2 aliphatic rings. The van der Waals surface area contributed by atoms with Crippen LogP contribution in [0.15, 0.2) is 119 Å². The molecule has 0 N–H and O–H groups in total. The molecule has 0 saturated carbocycles. The number of ether oxygens (including phenoxy) is 1. The van der Waals surface area contributed by atoms with Crippen molar-refractivity contribution in [2.45, 2.75) is 77.0 Å². The Kier molecular flexibility index (Phi) is 14.5. The Balaban J connectivity index is 0.962. The van der Waals surface area contributed by atoms with Crippen molar-refractivity contribution in [2.75, 3.05) is 26.2 Å². The lowest BCUT2D eigenvalue weighted by Crippen LogP contribution is -2.42. The van der Waals surface area contributed by atoms with Gasteiger partial charge in [0.25, 0.3) is 11.8 Å². The number of carbonyl (C=O) groups excluding carboxylic acids is 4. The number of likely N-dealkylation sites (tertiary alicyclic amines) is 2. The summed E-state index contributed by atoms with van der Waals surface area (Å²) in [6.45, 7) is 2.61. The Bertz CT molecular complexity index is 2050. The fourth-order valence-electron chi connectivity index (χ4n) is 8.85. The number of aromatic nitrogens is 2. The Morgan fingerprint density at radius 1 is 0.627 bits per heavy atom. The van der Waals surface area contributed by atoms with E-state index in [0.717, 1.165) is 55.6 Å². The molecule has 4 heterocycles. The van der Waals surface area contributed by atoms with Gasteiger partial charge in [0.1, 0.15) is 24.0 Å². The van der Waals surface area contributed by atoms with Gasteiger partial charge >= 0.3 is 0 Å². The standard InChI is InChI=1S/C48H54N4O7/c53-43(47-49-27-33-57-47)20-19-41(38-25-31-52(32-26-38)45(55)22-15-36-11-16-40(17-12-36)59-39-9-5-2-6-10-39)42(46(56)48-50-28-34-58-48)18-13-37-23-29-51(30-24-37)44(54)21-14-35-7-3-1-4-8-35/h1-12,16-17,27-28,33-34,37-38,41-42H,13-15,18-26,29-32H2. The van der Waals surface area contributed by atoms with Crippen LogP contribution in [0.5, 0.6) is 11.5 Å². The highest BCUT2D eigenvalue weighted by atomic mass is 16.5. The zero-order valence-corrected chi connectivity index (χ0v) is 33.7. The van der Waals surface area contributed by atoms with E-state index in [9.17, 15) is 19.2 Å². The number of carbonyl (C=O) groups is 4. The molecule has 2 amide bonds. The van der Waals surface area contributed by atoms with E-state index in [1.165, 1.54) is 30.5 Å². The SMILES string of the molecule is O=C(CCC(C1CCN(C(=O)CCc2ccc(Oc3ccccc3)cc2)CC1)C(CCC1CCN(C(=O)CCc2ccccc2)CC1)C(=O)c1ncco1)c1ncco1. The topological polar surface area (TPSA) is 136 Å². The molecular weight excluding hydrogens is 745 g/mol. The van der Waals surface area contributed by atoms with E-state index >= 15 is 0 Å². The number of benzene rings is 3. The molecule has 308 valence electrons. The maximum atomic E-state index is 14.3. The van der Waals surface area contributed by atoms with Crippen LogP contribution in [0.3, 0.4) is 0 Å². The first-order valence-corrected chi connectivity index (χ1v) is 21.2. The Morgan fingerprint density at radius 2 is 1.17 bits per heavy atom. The normalized spacial score (nSPS) is 16.1. The van der Waals surface area contributed by atoms with Crippen LogP contribution >= 0.6 is 0 Å². The molecule has 2 fully saturated rings. The molecule has 2 saturated heterocycles. The van der Waals surface area contributed by atoms with Gasteiger partial charge in [0.2, 0.25) is 23.4 Å². The maximum absolute atomic E-state index is 14.3. The average Bonchev–Trinajstić information content (AvgIpc) is 4.04. The van der Waals surface area contributed by atoms with Gasteiger partial charge < -0.3 is 23.4 Å². The highest BCUT2D eigenvalue weighted by Crippen LogP contribution is 2.39. The summed E-state index contributed by atoms with van der Waals surface area (Å²) in [5, 5.41) is 0. The molecule has 3 aromatic carbocycles. The van der Waals surface area contributed by atoms with Gasteiger partial charge in [-0.3, -0.25) is 19.2 Å². The molecular formula is C48H54N4O7. The minimum Gasteiger partial charge on any atom is -0.457 e. The van der Waals surface area contributed by atoms with E-state index in [1.54, 1.807) is 0 Å². The summed E-state index contributed by atoms with van der Waals surface area (Å²) in [4.78, 5) is 66.3. The van der Waals surface area contributed by atoms with Crippen LogP contribution in [0.4, 0.5) is 0 Å². The van der Waals surface area contributed by atoms with Gasteiger partial charge in [0, 0.05) is 51.4 Å². The van der Waals surface area contributed by atoms with E-state index in [4.69, 9.17) is 13.6 Å². The molecule has 11 nitrogen and oxygen atoms in total. The number of para-hydroxylation sites is 1. The van der Waals surface area contributed by atoms with E-state index < -0.39 is 5.92 Å².